The van der Waals surface area contributed by atoms with Gasteiger partial charge in [0.1, 0.15) is 0 Å². The lowest BCUT2D eigenvalue weighted by Crippen LogP contribution is -2.46. The molecule has 1 unspecified atom stereocenters. The minimum Gasteiger partial charge on any atom is -0.383 e. The molecule has 1 N–H and O–H groups in total. The van der Waals surface area contributed by atoms with Gasteiger partial charge in [-0.05, 0) is 19.3 Å². The topological polar surface area (TPSA) is 41.6 Å². The average molecular weight is 242 g/mol. The lowest BCUT2D eigenvalue weighted by atomic mass is 10.2. The summed E-state index contributed by atoms with van der Waals surface area (Å²) in [5.74, 6) is 0. The van der Waals surface area contributed by atoms with Gasteiger partial charge in [-0.1, -0.05) is 26.2 Å². The normalized spacial score (nSPS) is 18.6. The van der Waals surface area contributed by atoms with Crippen molar-refractivity contribution in [3.63, 3.8) is 0 Å². The van der Waals surface area contributed by atoms with Crippen LogP contribution in [0.3, 0.4) is 0 Å². The van der Waals surface area contributed by atoms with Gasteiger partial charge in [0.05, 0.1) is 12.6 Å². The Balaban J connectivity index is 2.38. The van der Waals surface area contributed by atoms with E-state index < -0.39 is 0 Å². The first kappa shape index (κ1) is 14.3. The van der Waals surface area contributed by atoms with E-state index >= 15 is 0 Å². The molecule has 1 heterocycles. The zero-order valence-corrected chi connectivity index (χ0v) is 11.2. The summed E-state index contributed by atoms with van der Waals surface area (Å²) in [4.78, 5) is 14.0. The van der Waals surface area contributed by atoms with Gasteiger partial charge >= 0.3 is 6.03 Å². The molecule has 1 fully saturated rings. The van der Waals surface area contributed by atoms with Crippen molar-refractivity contribution in [1.29, 1.82) is 0 Å². The molecular weight excluding hydrogens is 216 g/mol. The number of ether oxygens (including phenoxy) is 1. The highest BCUT2D eigenvalue weighted by molar-refractivity contribution is 5.74. The molecule has 1 aliphatic heterocycles. The number of methoxy groups -OCH3 is 1. The Kier molecular flexibility index (Phi) is 7.01. The number of carbonyl (C=O) groups is 1. The summed E-state index contributed by atoms with van der Waals surface area (Å²) in [5, 5.41) is 3.08. The third-order valence-electron chi connectivity index (χ3n) is 3.23. The van der Waals surface area contributed by atoms with E-state index in [1.54, 1.807) is 7.11 Å². The minimum atomic E-state index is 0.0856. The molecule has 1 atom stereocenters. The van der Waals surface area contributed by atoms with E-state index in [2.05, 4.69) is 12.2 Å². The lowest BCUT2D eigenvalue weighted by molar-refractivity contribution is 0.151. The van der Waals surface area contributed by atoms with Crippen LogP contribution in [0.1, 0.15) is 45.4 Å². The smallest absolute Gasteiger partial charge is 0.317 e. The van der Waals surface area contributed by atoms with Crippen LogP contribution in [0.25, 0.3) is 0 Å². The summed E-state index contributed by atoms with van der Waals surface area (Å²) in [6.07, 6.45) is 6.81. The van der Waals surface area contributed by atoms with Crippen LogP contribution in [0.2, 0.25) is 0 Å². The van der Waals surface area contributed by atoms with E-state index in [9.17, 15) is 4.79 Å². The van der Waals surface area contributed by atoms with Gasteiger partial charge in [-0.2, -0.15) is 0 Å². The summed E-state index contributed by atoms with van der Waals surface area (Å²) >= 11 is 0. The molecule has 0 bridgehead atoms. The quantitative estimate of drug-likeness (QED) is 0.804. The highest BCUT2D eigenvalue weighted by Gasteiger charge is 2.18. The van der Waals surface area contributed by atoms with E-state index in [1.807, 2.05) is 4.90 Å². The van der Waals surface area contributed by atoms with Crippen molar-refractivity contribution >= 4 is 6.03 Å². The highest BCUT2D eigenvalue weighted by Crippen LogP contribution is 2.10. The number of nitrogens with zero attached hydrogens (tertiary/aromatic N) is 1. The lowest BCUT2D eigenvalue weighted by Gasteiger charge is -2.25. The molecule has 100 valence electrons. The van der Waals surface area contributed by atoms with E-state index in [0.29, 0.717) is 6.61 Å². The summed E-state index contributed by atoms with van der Waals surface area (Å²) < 4.78 is 5.14. The van der Waals surface area contributed by atoms with Crippen LogP contribution in [0, 0.1) is 0 Å². The van der Waals surface area contributed by atoms with Gasteiger partial charge in [0.2, 0.25) is 0 Å². The van der Waals surface area contributed by atoms with Gasteiger partial charge < -0.3 is 15.0 Å². The van der Waals surface area contributed by atoms with Gasteiger partial charge in [-0.25, -0.2) is 4.79 Å². The number of likely N-dealkylation sites (tertiary alicyclic amines) is 1. The molecule has 0 aromatic carbocycles. The predicted octanol–water partition coefficient (Wildman–Crippen LogP) is 2.39. The van der Waals surface area contributed by atoms with Crippen molar-refractivity contribution in [2.24, 2.45) is 0 Å². The Bertz CT molecular complexity index is 207. The third kappa shape index (κ3) is 5.39. The maximum Gasteiger partial charge on any atom is 0.317 e. The summed E-state index contributed by atoms with van der Waals surface area (Å²) in [6, 6.07) is 0.239. The molecule has 2 amide bonds. The number of hydrogen-bond donors (Lipinski definition) is 1. The predicted molar refractivity (Wildman–Crippen MR) is 69.1 cm³/mol. The van der Waals surface area contributed by atoms with Gasteiger partial charge in [-0.15, -0.1) is 0 Å². The second kappa shape index (κ2) is 8.34. The Labute approximate surface area is 105 Å². The molecule has 1 saturated heterocycles. The van der Waals surface area contributed by atoms with E-state index in [4.69, 9.17) is 4.74 Å². The zero-order valence-electron chi connectivity index (χ0n) is 11.2. The van der Waals surface area contributed by atoms with Gasteiger partial charge in [0.25, 0.3) is 0 Å². The summed E-state index contributed by atoms with van der Waals surface area (Å²) in [6.45, 7) is 4.53. The number of carbonyl (C=O) groups excluding carboxylic acids is 1. The van der Waals surface area contributed by atoms with Crippen molar-refractivity contribution in [2.75, 3.05) is 26.8 Å². The molecule has 1 rings (SSSR count). The molecule has 0 aromatic rings. The van der Waals surface area contributed by atoms with Crippen LogP contribution >= 0.6 is 0 Å². The van der Waals surface area contributed by atoms with Crippen molar-refractivity contribution in [3.05, 3.63) is 0 Å². The van der Waals surface area contributed by atoms with Gasteiger partial charge in [0.15, 0.2) is 0 Å². The van der Waals surface area contributed by atoms with Crippen LogP contribution in [0.4, 0.5) is 4.79 Å². The van der Waals surface area contributed by atoms with Crippen LogP contribution in [0.15, 0.2) is 0 Å². The number of rotatable bonds is 5. The molecule has 17 heavy (non-hydrogen) atoms. The number of hydrogen-bond acceptors (Lipinski definition) is 2. The van der Waals surface area contributed by atoms with Crippen molar-refractivity contribution < 1.29 is 9.53 Å². The van der Waals surface area contributed by atoms with E-state index in [-0.39, 0.29) is 12.1 Å². The molecule has 0 aliphatic carbocycles. The second-order valence-electron chi connectivity index (χ2n) is 4.79. The SMILES string of the molecule is CCCC(COC)NC(=O)N1CCCCCC1. The molecule has 4 nitrogen and oxygen atoms in total. The number of amides is 2. The Morgan fingerprint density at radius 3 is 2.47 bits per heavy atom. The fraction of sp³-hybridized carbons (Fsp3) is 0.923. The molecule has 0 aromatic heterocycles. The van der Waals surface area contributed by atoms with Crippen LogP contribution in [0.5, 0.6) is 0 Å². The van der Waals surface area contributed by atoms with E-state index in [0.717, 1.165) is 38.8 Å². The maximum atomic E-state index is 12.1. The molecule has 0 radical (unpaired) electrons. The first-order valence-corrected chi connectivity index (χ1v) is 6.82. The summed E-state index contributed by atoms with van der Waals surface area (Å²) in [7, 11) is 1.68. The Hall–Kier alpha value is -0.770. The fourth-order valence-corrected chi connectivity index (χ4v) is 2.29. The Morgan fingerprint density at radius 1 is 1.29 bits per heavy atom. The summed E-state index contributed by atoms with van der Waals surface area (Å²) in [5.41, 5.74) is 0. The molecule has 4 heteroatoms. The monoisotopic (exact) mass is 242 g/mol. The standard InChI is InChI=1S/C13H26N2O2/c1-3-8-12(11-17-2)14-13(16)15-9-6-4-5-7-10-15/h12H,3-11H2,1-2H3,(H,14,16). The first-order chi connectivity index (χ1) is 8.27. The van der Waals surface area contributed by atoms with Crippen LogP contribution < -0.4 is 5.32 Å². The number of nitrogens with one attached hydrogen (secondary N) is 1. The van der Waals surface area contributed by atoms with Crippen LogP contribution in [-0.2, 0) is 4.74 Å². The highest BCUT2D eigenvalue weighted by atomic mass is 16.5. The molecular formula is C13H26N2O2. The Morgan fingerprint density at radius 2 is 1.94 bits per heavy atom. The van der Waals surface area contributed by atoms with Crippen molar-refractivity contribution in [2.45, 2.75) is 51.5 Å². The second-order valence-corrected chi connectivity index (χ2v) is 4.79. The van der Waals surface area contributed by atoms with Crippen molar-refractivity contribution in [3.8, 4) is 0 Å². The number of urea groups is 1. The largest absolute Gasteiger partial charge is 0.383 e. The molecule has 1 aliphatic rings. The molecule has 0 spiro atoms. The molecule has 0 saturated carbocycles. The van der Waals surface area contributed by atoms with Crippen molar-refractivity contribution in [1.82, 2.24) is 10.2 Å². The minimum absolute atomic E-state index is 0.0856. The first-order valence-electron chi connectivity index (χ1n) is 6.82. The van der Waals surface area contributed by atoms with E-state index in [1.165, 1.54) is 12.8 Å². The van der Waals surface area contributed by atoms with Gasteiger partial charge in [-0.3, -0.25) is 0 Å². The van der Waals surface area contributed by atoms with Gasteiger partial charge in [0, 0.05) is 20.2 Å². The van der Waals surface area contributed by atoms with Crippen LogP contribution in [-0.4, -0.2) is 43.8 Å². The third-order valence-corrected chi connectivity index (χ3v) is 3.23. The average Bonchev–Trinajstić information content (AvgIpc) is 2.58. The zero-order chi connectivity index (χ0) is 12.5. The fourth-order valence-electron chi connectivity index (χ4n) is 2.29. The maximum absolute atomic E-state index is 12.1.